The van der Waals surface area contributed by atoms with Gasteiger partial charge in [-0.15, -0.1) is 0 Å². The first-order chi connectivity index (χ1) is 29.2. The maximum Gasteiger partial charge on any atom is 0.00909 e. The third-order valence-corrected chi connectivity index (χ3v) is 13.7. The van der Waals surface area contributed by atoms with E-state index in [1.54, 1.807) is 0 Å². The van der Waals surface area contributed by atoms with Crippen LogP contribution in [0.1, 0.15) is 105 Å². The number of benzene rings is 7. The van der Waals surface area contributed by atoms with Crippen LogP contribution in [0.4, 0.5) is 0 Å². The van der Waals surface area contributed by atoms with Gasteiger partial charge in [-0.2, -0.15) is 0 Å². The second kappa shape index (κ2) is 15.5. The van der Waals surface area contributed by atoms with E-state index in [-0.39, 0.29) is 31.1 Å². The van der Waals surface area contributed by atoms with E-state index in [1.165, 1.54) is 121 Å². The lowest BCUT2D eigenvalue weighted by Crippen LogP contribution is -2.15. The summed E-state index contributed by atoms with van der Waals surface area (Å²) < 4.78 is 0. The summed E-state index contributed by atoms with van der Waals surface area (Å²) in [5.41, 5.74) is 18.4. The fourth-order valence-electron chi connectivity index (χ4n) is 10.6. The van der Waals surface area contributed by atoms with Gasteiger partial charge in [0.25, 0.3) is 0 Å². The number of allylic oxidation sites excluding steroid dienone is 6. The Labute approximate surface area is 377 Å². The molecule has 8 aromatic rings. The first-order valence-corrected chi connectivity index (χ1v) is 22.1. The molecular weight excluding hydrogens is 757 g/mol. The van der Waals surface area contributed by atoms with Crippen molar-refractivity contribution in [3.8, 4) is 33.4 Å². The standard InChI is InChI=1S/C61H56.2CH4/c1-11-41(59(3,4)5)34-50(51-36-61(9,10)52-35-42(60(6,7)8)31-33-43(51)52)56-46-25-17-16-24-45(46)55(57-48-26-18-21-39-22-19-27-49(54(39)48)58(56)57)47-32-30-40-29-28-38-20-14-12-13-15-23-44(47)53(40)37(38)2;;/h11-36H,1-10H3;2*1H4/b13-12?,14-12?,15-13?,20-14?,23-15?,38-20?,41-11+,44-23?,50-34+;;. The van der Waals surface area contributed by atoms with Crippen molar-refractivity contribution in [2.75, 3.05) is 0 Å². The molecule has 0 saturated heterocycles. The van der Waals surface area contributed by atoms with Crippen molar-refractivity contribution in [2.45, 2.75) is 94.9 Å². The van der Waals surface area contributed by atoms with E-state index >= 15 is 0 Å². The molecule has 10 rings (SSSR count). The molecule has 0 atom stereocenters. The molecule has 0 aliphatic heterocycles. The van der Waals surface area contributed by atoms with Crippen molar-refractivity contribution in [3.63, 3.8) is 0 Å². The molecule has 316 valence electrons. The van der Waals surface area contributed by atoms with Crippen molar-refractivity contribution in [3.05, 3.63) is 191 Å². The third kappa shape index (κ3) is 6.82. The zero-order valence-corrected chi connectivity index (χ0v) is 37.5. The topological polar surface area (TPSA) is 0 Å². The summed E-state index contributed by atoms with van der Waals surface area (Å²) in [5, 5.41) is 10.3. The maximum atomic E-state index is 2.57. The molecule has 0 N–H and O–H groups in total. The summed E-state index contributed by atoms with van der Waals surface area (Å²) >= 11 is 0. The van der Waals surface area contributed by atoms with Crippen molar-refractivity contribution < 1.29 is 0 Å². The Morgan fingerprint density at radius 1 is 0.524 bits per heavy atom. The van der Waals surface area contributed by atoms with Gasteiger partial charge >= 0.3 is 0 Å². The Morgan fingerprint density at radius 3 is 1.78 bits per heavy atom. The number of fused-ring (bicyclic) bond motifs is 6. The summed E-state index contributed by atoms with van der Waals surface area (Å²) in [7, 11) is 0. The van der Waals surface area contributed by atoms with E-state index in [4.69, 9.17) is 0 Å². The first-order valence-electron chi connectivity index (χ1n) is 22.1. The molecule has 0 radical (unpaired) electrons. The highest BCUT2D eigenvalue weighted by Gasteiger charge is 2.37. The minimum Gasteiger partial charge on any atom is -0.0839 e. The van der Waals surface area contributed by atoms with Crippen molar-refractivity contribution >= 4 is 54.2 Å². The fourth-order valence-corrected chi connectivity index (χ4v) is 10.6. The lowest BCUT2D eigenvalue weighted by Gasteiger charge is -2.26. The highest BCUT2D eigenvalue weighted by Crippen LogP contribution is 2.60. The van der Waals surface area contributed by atoms with Crippen molar-refractivity contribution in [1.29, 1.82) is 0 Å². The number of hydrogen-bond acceptors (Lipinski definition) is 0. The van der Waals surface area contributed by atoms with Crippen LogP contribution in [0.5, 0.6) is 0 Å². The average molecular weight is 821 g/mol. The second-order valence-corrected chi connectivity index (χ2v) is 20.1. The largest absolute Gasteiger partial charge is 0.0839 e. The summed E-state index contributed by atoms with van der Waals surface area (Å²) in [4.78, 5) is 0. The summed E-state index contributed by atoms with van der Waals surface area (Å²) in [6.07, 6.45) is 7.45. The molecule has 0 saturated carbocycles. The van der Waals surface area contributed by atoms with Gasteiger partial charge in [0.05, 0.1) is 0 Å². The Balaban J connectivity index is 0.00000272. The van der Waals surface area contributed by atoms with Gasteiger partial charge in [-0.05, 0) is 146 Å². The normalized spacial score (nSPS) is 14.3. The molecule has 8 aromatic carbocycles. The van der Waals surface area contributed by atoms with Gasteiger partial charge in [-0.1, -0.05) is 228 Å². The highest BCUT2D eigenvalue weighted by atomic mass is 14.4. The minimum atomic E-state index is -0.153. The Hall–Kier alpha value is -6.24. The Kier molecular flexibility index (Phi) is 10.7. The van der Waals surface area contributed by atoms with Crippen LogP contribution in [-0.2, 0) is 10.8 Å². The smallest absolute Gasteiger partial charge is 0.00909 e. The van der Waals surface area contributed by atoms with Gasteiger partial charge in [0, 0.05) is 5.41 Å². The Morgan fingerprint density at radius 2 is 1.10 bits per heavy atom. The van der Waals surface area contributed by atoms with E-state index in [9.17, 15) is 0 Å². The predicted octanol–water partition coefficient (Wildman–Crippen LogP) is 18.8. The average Bonchev–Trinajstić information content (AvgIpc) is 3.70. The molecule has 0 spiro atoms. The van der Waals surface area contributed by atoms with E-state index in [0.29, 0.717) is 0 Å². The molecule has 2 aliphatic rings. The monoisotopic (exact) mass is 821 g/mol. The maximum absolute atomic E-state index is 2.57. The van der Waals surface area contributed by atoms with Crippen LogP contribution < -0.4 is 0 Å². The fraction of sp³-hybridized carbons (Fsp3) is 0.238. The van der Waals surface area contributed by atoms with Crippen molar-refractivity contribution in [2.24, 2.45) is 5.41 Å². The summed E-state index contributed by atoms with van der Waals surface area (Å²) in [6, 6.07) is 53.0. The zero-order valence-electron chi connectivity index (χ0n) is 37.5. The molecule has 0 heterocycles. The van der Waals surface area contributed by atoms with Crippen LogP contribution in [0.15, 0.2) is 163 Å². The van der Waals surface area contributed by atoms with Crippen LogP contribution >= 0.6 is 0 Å². The zero-order chi connectivity index (χ0) is 42.6. The number of hydrogen-bond donors (Lipinski definition) is 0. The molecule has 2 aliphatic carbocycles. The van der Waals surface area contributed by atoms with Gasteiger partial charge in [0.2, 0.25) is 0 Å². The molecule has 0 aromatic heterocycles. The van der Waals surface area contributed by atoms with Crippen LogP contribution in [0.2, 0.25) is 0 Å². The van der Waals surface area contributed by atoms with Crippen LogP contribution in [0, 0.1) is 12.3 Å². The molecule has 0 amide bonds. The van der Waals surface area contributed by atoms with E-state index in [0.717, 1.165) is 0 Å². The SMILES string of the molecule is C.C.C/C=C(\C=C(/C1=CC(C)(C)c2cc(C(C)(C)C)ccc21)c1c2c(c(-c3ccc4ccc5ccccccc3c4c5C)c3ccccc13)-c1cccc3cccc-2c13)C(C)(C)C. The predicted molar refractivity (Wildman–Crippen MR) is 281 cm³/mol. The molecule has 0 unspecified atom stereocenters. The lowest BCUT2D eigenvalue weighted by molar-refractivity contribution is 0.516. The quantitative estimate of drug-likeness (QED) is 0.155. The summed E-state index contributed by atoms with van der Waals surface area (Å²) in [6.45, 7) is 23.3. The van der Waals surface area contributed by atoms with Crippen LogP contribution in [-0.4, -0.2) is 0 Å². The van der Waals surface area contributed by atoms with E-state index in [2.05, 4.69) is 227 Å². The van der Waals surface area contributed by atoms with Gasteiger partial charge in [0.15, 0.2) is 0 Å². The Bertz CT molecular complexity index is 3280. The summed E-state index contributed by atoms with van der Waals surface area (Å²) in [5.74, 6) is 0. The second-order valence-electron chi connectivity index (χ2n) is 20.1. The van der Waals surface area contributed by atoms with Gasteiger partial charge < -0.3 is 0 Å². The molecule has 0 nitrogen and oxygen atoms in total. The van der Waals surface area contributed by atoms with Crippen LogP contribution in [0.3, 0.4) is 0 Å². The molecule has 0 heteroatoms. The molecule has 2 bridgehead atoms. The lowest BCUT2D eigenvalue weighted by atomic mass is 9.77. The third-order valence-electron chi connectivity index (χ3n) is 13.7. The molecule has 63 heavy (non-hydrogen) atoms. The van der Waals surface area contributed by atoms with E-state index in [1.807, 2.05) is 0 Å². The molecular formula is C63H64. The first kappa shape index (κ1) is 43.4. The van der Waals surface area contributed by atoms with Gasteiger partial charge in [-0.25, -0.2) is 0 Å². The minimum absolute atomic E-state index is 0. The van der Waals surface area contributed by atoms with E-state index < -0.39 is 0 Å². The number of rotatable bonds is 4. The highest BCUT2D eigenvalue weighted by molar-refractivity contribution is 6.30. The van der Waals surface area contributed by atoms with Gasteiger partial charge in [-0.3, -0.25) is 0 Å². The van der Waals surface area contributed by atoms with Gasteiger partial charge in [0.1, 0.15) is 0 Å². The van der Waals surface area contributed by atoms with Crippen molar-refractivity contribution in [1.82, 2.24) is 0 Å². The molecule has 0 fully saturated rings. The number of aryl methyl sites for hydroxylation is 1. The van der Waals surface area contributed by atoms with Crippen LogP contribution in [0.25, 0.3) is 87.6 Å².